The maximum Gasteiger partial charge on any atom is 0.162 e. The molecule has 0 spiro atoms. The molecule has 0 amide bonds. The molecule has 1 fully saturated rings. The van der Waals surface area contributed by atoms with E-state index in [0.717, 1.165) is 48.2 Å². The first-order chi connectivity index (χ1) is 11.3. The zero-order valence-corrected chi connectivity index (χ0v) is 13.2. The molecule has 3 aromatic rings. The summed E-state index contributed by atoms with van der Waals surface area (Å²) >= 11 is 5.84. The average Bonchev–Trinajstić information content (AvgIpc) is 3.16. The highest BCUT2D eigenvalue weighted by Gasteiger charge is 2.27. The highest BCUT2D eigenvalue weighted by Crippen LogP contribution is 2.35. The average molecular weight is 327 g/mol. The second kappa shape index (κ2) is 4.89. The number of rotatable bonds is 3. The minimum absolute atomic E-state index is 0.402. The van der Waals surface area contributed by atoms with E-state index in [1.165, 1.54) is 18.4 Å². The highest BCUT2D eigenvalue weighted by atomic mass is 35.5. The van der Waals surface area contributed by atoms with Gasteiger partial charge in [-0.2, -0.15) is 0 Å². The molecule has 23 heavy (non-hydrogen) atoms. The molecule has 0 unspecified atom stereocenters. The largest absolute Gasteiger partial charge is 0.315 e. The van der Waals surface area contributed by atoms with Crippen molar-refractivity contribution in [1.82, 2.24) is 24.7 Å². The van der Waals surface area contributed by atoms with E-state index in [1.807, 2.05) is 12.4 Å². The fourth-order valence-corrected chi connectivity index (χ4v) is 3.26. The van der Waals surface area contributed by atoms with Gasteiger partial charge in [0.2, 0.25) is 0 Å². The summed E-state index contributed by atoms with van der Waals surface area (Å²) in [5.41, 5.74) is 3.16. The van der Waals surface area contributed by atoms with Gasteiger partial charge in [-0.15, -0.1) is 10.2 Å². The van der Waals surface area contributed by atoms with E-state index in [0.29, 0.717) is 5.15 Å². The normalized spacial score (nSPS) is 17.0. The van der Waals surface area contributed by atoms with Crippen LogP contribution in [0.4, 0.5) is 11.6 Å². The van der Waals surface area contributed by atoms with Crippen LogP contribution in [0.3, 0.4) is 0 Å². The van der Waals surface area contributed by atoms with Gasteiger partial charge in [-0.1, -0.05) is 11.6 Å². The molecular formula is C16H15ClN6. The Labute approximate surface area is 138 Å². The van der Waals surface area contributed by atoms with Gasteiger partial charge in [-0.25, -0.2) is 9.97 Å². The van der Waals surface area contributed by atoms with E-state index in [4.69, 9.17) is 16.6 Å². The Bertz CT molecular complexity index is 883. The van der Waals surface area contributed by atoms with Gasteiger partial charge in [0.05, 0.1) is 6.33 Å². The summed E-state index contributed by atoms with van der Waals surface area (Å²) in [6, 6.07) is 5.81. The van der Waals surface area contributed by atoms with Crippen molar-refractivity contribution >= 4 is 34.4 Å². The van der Waals surface area contributed by atoms with E-state index in [2.05, 4.69) is 30.7 Å². The lowest BCUT2D eigenvalue weighted by Crippen LogP contribution is -2.16. The van der Waals surface area contributed by atoms with Gasteiger partial charge in [0.15, 0.2) is 16.6 Å². The predicted octanol–water partition coefficient (Wildman–Crippen LogP) is 2.98. The minimum Gasteiger partial charge on any atom is -0.315 e. The molecule has 4 heterocycles. The first-order valence-corrected chi connectivity index (χ1v) is 8.27. The fourth-order valence-electron chi connectivity index (χ4n) is 3.16. The number of hydrogen-bond acceptors (Lipinski definition) is 5. The lowest BCUT2D eigenvalue weighted by molar-refractivity contribution is 0.638. The van der Waals surface area contributed by atoms with Crippen LogP contribution < -0.4 is 4.90 Å². The molecule has 0 atom stereocenters. The third kappa shape index (κ3) is 2.25. The summed E-state index contributed by atoms with van der Waals surface area (Å²) in [5.74, 6) is 2.54. The molecule has 0 N–H and O–H groups in total. The maximum atomic E-state index is 5.84. The Hall–Kier alpha value is -2.21. The smallest absolute Gasteiger partial charge is 0.162 e. The summed E-state index contributed by atoms with van der Waals surface area (Å²) < 4.78 is 2.18. The zero-order valence-electron chi connectivity index (χ0n) is 12.5. The lowest BCUT2D eigenvalue weighted by atomic mass is 10.2. The monoisotopic (exact) mass is 326 g/mol. The van der Waals surface area contributed by atoms with Crippen LogP contribution in [-0.2, 0) is 13.0 Å². The Balaban J connectivity index is 1.58. The molecule has 0 saturated heterocycles. The van der Waals surface area contributed by atoms with Crippen molar-refractivity contribution < 1.29 is 0 Å². The number of imidazole rings is 1. The van der Waals surface area contributed by atoms with E-state index >= 15 is 0 Å². The number of aromatic nitrogens is 5. The molecule has 1 aliphatic heterocycles. The van der Waals surface area contributed by atoms with Crippen LogP contribution in [0.1, 0.15) is 18.4 Å². The molecule has 116 valence electrons. The second-order valence-electron chi connectivity index (χ2n) is 6.27. The molecule has 6 nitrogen and oxygen atoms in total. The van der Waals surface area contributed by atoms with Crippen LogP contribution in [0.15, 0.2) is 24.5 Å². The van der Waals surface area contributed by atoms with Gasteiger partial charge in [0.1, 0.15) is 11.3 Å². The van der Waals surface area contributed by atoms with Crippen LogP contribution in [0, 0.1) is 5.92 Å². The number of hydrogen-bond donors (Lipinski definition) is 0. The molecule has 1 saturated carbocycles. The van der Waals surface area contributed by atoms with Crippen molar-refractivity contribution in [2.75, 3.05) is 11.4 Å². The summed E-state index contributed by atoms with van der Waals surface area (Å²) in [5, 5.41) is 8.53. The molecule has 1 aliphatic carbocycles. The van der Waals surface area contributed by atoms with Gasteiger partial charge < -0.3 is 9.47 Å². The van der Waals surface area contributed by atoms with Crippen LogP contribution in [0.2, 0.25) is 5.15 Å². The van der Waals surface area contributed by atoms with Crippen molar-refractivity contribution in [3.8, 4) is 0 Å². The summed E-state index contributed by atoms with van der Waals surface area (Å²) in [6.45, 7) is 1.87. The Morgan fingerprint density at radius 2 is 2.13 bits per heavy atom. The minimum atomic E-state index is 0.402. The van der Waals surface area contributed by atoms with Gasteiger partial charge in [0, 0.05) is 13.1 Å². The molecule has 0 radical (unpaired) electrons. The summed E-state index contributed by atoms with van der Waals surface area (Å²) in [6.07, 6.45) is 5.49. The van der Waals surface area contributed by atoms with Crippen LogP contribution in [-0.4, -0.2) is 31.3 Å². The Morgan fingerprint density at radius 1 is 1.22 bits per heavy atom. The predicted molar refractivity (Wildman–Crippen MR) is 88.0 cm³/mol. The number of pyridine rings is 1. The van der Waals surface area contributed by atoms with Gasteiger partial charge in [-0.3, -0.25) is 0 Å². The molecule has 0 bridgehead atoms. The molecule has 5 rings (SSSR count). The topological polar surface area (TPSA) is 59.7 Å². The van der Waals surface area contributed by atoms with E-state index in [-0.39, 0.29) is 0 Å². The van der Waals surface area contributed by atoms with Gasteiger partial charge >= 0.3 is 0 Å². The van der Waals surface area contributed by atoms with E-state index in [9.17, 15) is 0 Å². The van der Waals surface area contributed by atoms with Gasteiger partial charge in [0.25, 0.3) is 0 Å². The molecule has 0 aromatic carbocycles. The van der Waals surface area contributed by atoms with Crippen molar-refractivity contribution in [1.29, 1.82) is 0 Å². The quantitative estimate of drug-likeness (QED) is 0.740. The van der Waals surface area contributed by atoms with Crippen LogP contribution in [0.5, 0.6) is 0 Å². The van der Waals surface area contributed by atoms with E-state index < -0.39 is 0 Å². The number of halogens is 1. The Kier molecular flexibility index (Phi) is 2.82. The SMILES string of the molecule is Clc1ccc(N2CCc3cc4ncn(CC5CC5)c4nc32)nn1. The van der Waals surface area contributed by atoms with Crippen LogP contribution >= 0.6 is 11.6 Å². The van der Waals surface area contributed by atoms with Crippen molar-refractivity contribution in [2.24, 2.45) is 5.92 Å². The Morgan fingerprint density at radius 3 is 2.91 bits per heavy atom. The highest BCUT2D eigenvalue weighted by molar-refractivity contribution is 6.29. The van der Waals surface area contributed by atoms with Gasteiger partial charge in [-0.05, 0) is 48.9 Å². The number of fused-ring (bicyclic) bond motifs is 2. The molecular weight excluding hydrogens is 312 g/mol. The number of nitrogens with zero attached hydrogens (tertiary/aromatic N) is 6. The molecule has 2 aliphatic rings. The van der Waals surface area contributed by atoms with E-state index in [1.54, 1.807) is 6.07 Å². The van der Waals surface area contributed by atoms with Crippen LogP contribution in [0.25, 0.3) is 11.2 Å². The molecule has 7 heteroatoms. The second-order valence-corrected chi connectivity index (χ2v) is 6.66. The van der Waals surface area contributed by atoms with Crippen molar-refractivity contribution in [3.63, 3.8) is 0 Å². The fraction of sp³-hybridized carbons (Fsp3) is 0.375. The standard InChI is InChI=1S/C16H15ClN6/c17-13-3-4-14(21-20-13)23-6-5-11-7-12-16(19-15(11)23)22(9-18-12)8-10-1-2-10/h3-4,7,9-10H,1-2,5-6,8H2. The maximum absolute atomic E-state index is 5.84. The number of anilines is 2. The zero-order chi connectivity index (χ0) is 15.4. The first kappa shape index (κ1) is 13.2. The third-order valence-electron chi connectivity index (χ3n) is 4.55. The van der Waals surface area contributed by atoms with Crippen molar-refractivity contribution in [3.05, 3.63) is 35.2 Å². The first-order valence-electron chi connectivity index (χ1n) is 7.89. The molecule has 3 aromatic heterocycles. The third-order valence-corrected chi connectivity index (χ3v) is 4.76. The van der Waals surface area contributed by atoms with Crippen molar-refractivity contribution in [2.45, 2.75) is 25.8 Å². The summed E-state index contributed by atoms with van der Waals surface area (Å²) in [4.78, 5) is 11.5. The lowest BCUT2D eigenvalue weighted by Gasteiger charge is -2.16. The summed E-state index contributed by atoms with van der Waals surface area (Å²) in [7, 11) is 0.